The van der Waals surface area contributed by atoms with Crippen molar-refractivity contribution in [3.63, 3.8) is 0 Å². The van der Waals surface area contributed by atoms with E-state index in [4.69, 9.17) is 25.8 Å². The summed E-state index contributed by atoms with van der Waals surface area (Å²) in [7, 11) is 0.820. The smallest absolute Gasteiger partial charge is 0.432 e. The molecule has 2 atom stereocenters. The SMILES string of the molecule is C=C(CCl)C[C@@H](COCc1ccccc1)OC(=O)[C@@](OC)(c1ccccc1)C(F)(F)F. The van der Waals surface area contributed by atoms with E-state index in [2.05, 4.69) is 6.58 Å². The van der Waals surface area contributed by atoms with Crippen molar-refractivity contribution >= 4 is 17.6 Å². The van der Waals surface area contributed by atoms with Crippen LogP contribution in [0.1, 0.15) is 17.5 Å². The van der Waals surface area contributed by atoms with Gasteiger partial charge in [0.05, 0.1) is 13.2 Å². The highest BCUT2D eigenvalue weighted by Crippen LogP contribution is 2.43. The zero-order valence-corrected chi connectivity index (χ0v) is 17.8. The molecule has 0 saturated heterocycles. The van der Waals surface area contributed by atoms with Crippen molar-refractivity contribution in [1.82, 2.24) is 0 Å². The number of halogens is 4. The van der Waals surface area contributed by atoms with Crippen LogP contribution in [0.25, 0.3) is 0 Å². The van der Waals surface area contributed by atoms with Gasteiger partial charge in [-0.3, -0.25) is 0 Å². The lowest BCUT2D eigenvalue weighted by Gasteiger charge is -2.33. The number of rotatable bonds is 11. The molecule has 0 aliphatic rings. The van der Waals surface area contributed by atoms with E-state index in [0.717, 1.165) is 24.8 Å². The van der Waals surface area contributed by atoms with Gasteiger partial charge < -0.3 is 14.2 Å². The number of carbonyl (C=O) groups excluding carboxylic acids is 1. The van der Waals surface area contributed by atoms with Gasteiger partial charge in [0.25, 0.3) is 5.60 Å². The van der Waals surface area contributed by atoms with Crippen molar-refractivity contribution in [2.24, 2.45) is 0 Å². The van der Waals surface area contributed by atoms with Crippen LogP contribution in [0.5, 0.6) is 0 Å². The van der Waals surface area contributed by atoms with Crippen LogP contribution in [-0.4, -0.2) is 37.8 Å². The number of hydrogen-bond acceptors (Lipinski definition) is 4. The number of benzene rings is 2. The largest absolute Gasteiger partial charge is 0.457 e. The first-order valence-corrected chi connectivity index (χ1v) is 10.0. The number of methoxy groups -OCH3 is 1. The van der Waals surface area contributed by atoms with Gasteiger partial charge in [-0.15, -0.1) is 11.6 Å². The standard InChI is InChI=1S/C23H24ClF3O4/c1-17(14-24)13-20(16-30-15-18-9-5-3-6-10-18)31-21(28)22(29-2,23(25,26)27)19-11-7-4-8-12-19/h3-12,20H,1,13-16H2,2H3/t20-,22-/m0/s1. The topological polar surface area (TPSA) is 44.8 Å². The molecule has 0 bridgehead atoms. The minimum atomic E-state index is -5.06. The number of alkyl halides is 4. The first-order valence-electron chi connectivity index (χ1n) is 9.47. The summed E-state index contributed by atoms with van der Waals surface area (Å²) in [6, 6.07) is 15.8. The van der Waals surface area contributed by atoms with Crippen LogP contribution in [0, 0.1) is 0 Å². The maximum atomic E-state index is 14.1. The molecule has 0 saturated carbocycles. The highest BCUT2D eigenvalue weighted by molar-refractivity contribution is 6.19. The average Bonchev–Trinajstić information content (AvgIpc) is 2.75. The Morgan fingerprint density at radius 2 is 1.65 bits per heavy atom. The summed E-state index contributed by atoms with van der Waals surface area (Å²) in [5.41, 5.74) is -2.28. The second kappa shape index (κ2) is 11.3. The van der Waals surface area contributed by atoms with Gasteiger partial charge in [-0.25, -0.2) is 4.79 Å². The van der Waals surface area contributed by atoms with E-state index in [1.54, 1.807) is 0 Å². The van der Waals surface area contributed by atoms with Crippen molar-refractivity contribution in [2.75, 3.05) is 19.6 Å². The summed E-state index contributed by atoms with van der Waals surface area (Å²) < 4.78 is 57.8. The lowest BCUT2D eigenvalue weighted by Crippen LogP contribution is -2.52. The number of hydrogen-bond donors (Lipinski definition) is 0. The molecule has 0 fully saturated rings. The molecule has 0 amide bonds. The minimum Gasteiger partial charge on any atom is -0.457 e. The Bertz CT molecular complexity index is 843. The Morgan fingerprint density at radius 3 is 2.16 bits per heavy atom. The number of ether oxygens (including phenoxy) is 3. The van der Waals surface area contributed by atoms with Gasteiger partial charge in [0, 0.05) is 25.0 Å². The van der Waals surface area contributed by atoms with Gasteiger partial charge in [0.15, 0.2) is 0 Å². The van der Waals surface area contributed by atoms with E-state index < -0.39 is 23.9 Å². The summed E-state index contributed by atoms with van der Waals surface area (Å²) in [5, 5.41) is 0. The van der Waals surface area contributed by atoms with Crippen molar-refractivity contribution in [2.45, 2.75) is 30.9 Å². The Kier molecular flexibility index (Phi) is 9.10. The predicted molar refractivity (Wildman–Crippen MR) is 112 cm³/mol. The summed E-state index contributed by atoms with van der Waals surface area (Å²) in [6.45, 7) is 3.81. The number of esters is 1. The van der Waals surface area contributed by atoms with Crippen LogP contribution in [-0.2, 0) is 31.2 Å². The molecular formula is C23H24ClF3O4. The molecular weight excluding hydrogens is 433 g/mol. The fraction of sp³-hybridized carbons (Fsp3) is 0.348. The van der Waals surface area contributed by atoms with Gasteiger partial charge in [-0.1, -0.05) is 72.8 Å². The zero-order chi connectivity index (χ0) is 22.9. The fourth-order valence-corrected chi connectivity index (χ4v) is 3.12. The van der Waals surface area contributed by atoms with Crippen molar-refractivity contribution in [3.8, 4) is 0 Å². The minimum absolute atomic E-state index is 0.0521. The molecule has 0 radical (unpaired) electrons. The fourth-order valence-electron chi connectivity index (χ4n) is 3.01. The quantitative estimate of drug-likeness (QED) is 0.258. The van der Waals surface area contributed by atoms with Crippen LogP contribution in [0.15, 0.2) is 72.8 Å². The van der Waals surface area contributed by atoms with E-state index >= 15 is 0 Å². The Balaban J connectivity index is 2.23. The van der Waals surface area contributed by atoms with Gasteiger partial charge in [0.1, 0.15) is 6.10 Å². The molecule has 8 heteroatoms. The van der Waals surface area contributed by atoms with Gasteiger partial charge in [-0.2, -0.15) is 13.2 Å². The Labute approximate surface area is 184 Å². The Hall–Kier alpha value is -2.35. The van der Waals surface area contributed by atoms with E-state index in [9.17, 15) is 18.0 Å². The first-order chi connectivity index (χ1) is 14.7. The second-order valence-electron chi connectivity index (χ2n) is 6.86. The van der Waals surface area contributed by atoms with Gasteiger partial charge in [-0.05, 0) is 5.56 Å². The van der Waals surface area contributed by atoms with Crippen LogP contribution in [0.4, 0.5) is 13.2 Å². The summed E-state index contributed by atoms with van der Waals surface area (Å²) in [5.74, 6) is -1.51. The van der Waals surface area contributed by atoms with E-state index in [1.807, 2.05) is 30.3 Å². The molecule has 168 valence electrons. The molecule has 0 aliphatic heterocycles. The summed E-state index contributed by atoms with van der Waals surface area (Å²) in [6.07, 6.45) is -6.03. The Morgan fingerprint density at radius 1 is 1.06 bits per heavy atom. The monoisotopic (exact) mass is 456 g/mol. The maximum absolute atomic E-state index is 14.1. The van der Waals surface area contributed by atoms with E-state index in [1.165, 1.54) is 18.2 Å². The molecule has 2 aromatic carbocycles. The highest BCUT2D eigenvalue weighted by Gasteiger charge is 2.64. The molecule has 0 aliphatic carbocycles. The normalized spacial score (nSPS) is 14.5. The van der Waals surface area contributed by atoms with Crippen LogP contribution in [0.3, 0.4) is 0 Å². The second-order valence-corrected chi connectivity index (χ2v) is 7.13. The van der Waals surface area contributed by atoms with Crippen LogP contribution >= 0.6 is 11.6 Å². The molecule has 31 heavy (non-hydrogen) atoms. The van der Waals surface area contributed by atoms with Gasteiger partial charge in [0.2, 0.25) is 0 Å². The third-order valence-electron chi connectivity index (χ3n) is 4.57. The van der Waals surface area contributed by atoms with E-state index in [-0.39, 0.29) is 31.1 Å². The summed E-state index contributed by atoms with van der Waals surface area (Å²) >= 11 is 5.76. The molecule has 0 heterocycles. The van der Waals surface area contributed by atoms with Crippen molar-refractivity contribution in [1.29, 1.82) is 0 Å². The van der Waals surface area contributed by atoms with Crippen molar-refractivity contribution in [3.05, 3.63) is 83.9 Å². The number of carbonyl (C=O) groups is 1. The van der Waals surface area contributed by atoms with Gasteiger partial charge >= 0.3 is 12.1 Å². The molecule has 2 rings (SSSR count). The van der Waals surface area contributed by atoms with E-state index in [0.29, 0.717) is 5.57 Å². The van der Waals surface area contributed by atoms with Crippen LogP contribution < -0.4 is 0 Å². The maximum Gasteiger partial charge on any atom is 0.432 e. The molecule has 0 aromatic heterocycles. The molecule has 0 N–H and O–H groups in total. The molecule has 4 nitrogen and oxygen atoms in total. The third-order valence-corrected chi connectivity index (χ3v) is 4.95. The predicted octanol–water partition coefficient (Wildman–Crippen LogP) is 5.40. The van der Waals surface area contributed by atoms with Crippen LogP contribution in [0.2, 0.25) is 0 Å². The van der Waals surface area contributed by atoms with Crippen molar-refractivity contribution < 1.29 is 32.2 Å². The molecule has 2 aromatic rings. The zero-order valence-electron chi connectivity index (χ0n) is 17.0. The first kappa shape index (κ1) is 24.9. The summed E-state index contributed by atoms with van der Waals surface area (Å²) in [4.78, 5) is 12.9. The highest BCUT2D eigenvalue weighted by atomic mass is 35.5. The lowest BCUT2D eigenvalue weighted by molar-refractivity contribution is -0.278. The molecule has 0 unspecified atom stereocenters. The third kappa shape index (κ3) is 6.32. The average molecular weight is 457 g/mol. The lowest BCUT2D eigenvalue weighted by atomic mass is 9.92. The molecule has 0 spiro atoms.